The Morgan fingerprint density at radius 2 is 1.64 bits per heavy atom. The van der Waals surface area contributed by atoms with Gasteiger partial charge in [-0.3, -0.25) is 0 Å². The largest absolute Gasteiger partial charge is 0.368 e. The summed E-state index contributed by atoms with van der Waals surface area (Å²) in [6.45, 7) is 6.22. The van der Waals surface area contributed by atoms with Crippen LogP contribution in [0.4, 0.5) is 0 Å². The van der Waals surface area contributed by atoms with E-state index >= 15 is 0 Å². The maximum absolute atomic E-state index is 8.76. The van der Waals surface area contributed by atoms with E-state index in [2.05, 4.69) is 13.8 Å². The summed E-state index contributed by atoms with van der Waals surface area (Å²) in [5.74, 6) is 0.722. The first-order chi connectivity index (χ1) is 5.07. The van der Waals surface area contributed by atoms with Crippen molar-refractivity contribution < 1.29 is 10.2 Å². The van der Waals surface area contributed by atoms with E-state index in [9.17, 15) is 0 Å². The first-order valence-corrected chi connectivity index (χ1v) is 4.44. The van der Waals surface area contributed by atoms with E-state index in [1.165, 1.54) is 6.42 Å². The van der Waals surface area contributed by atoms with Gasteiger partial charge in [0.25, 0.3) is 0 Å². The van der Waals surface area contributed by atoms with E-state index in [4.69, 9.17) is 10.2 Å². The Bertz CT molecular complexity index is 91.6. The molecule has 0 fully saturated rings. The minimum atomic E-state index is -1.14. The summed E-state index contributed by atoms with van der Waals surface area (Å²) in [5, 5.41) is 17.5. The van der Waals surface area contributed by atoms with Crippen LogP contribution in [-0.4, -0.2) is 16.5 Å². The van der Waals surface area contributed by atoms with Crippen molar-refractivity contribution in [2.75, 3.05) is 0 Å². The van der Waals surface area contributed by atoms with Gasteiger partial charge in [0, 0.05) is 5.92 Å². The first-order valence-electron chi connectivity index (χ1n) is 4.44. The highest BCUT2D eigenvalue weighted by molar-refractivity contribution is 4.57. The van der Waals surface area contributed by atoms with Crippen LogP contribution in [-0.2, 0) is 0 Å². The smallest absolute Gasteiger partial charge is 0.154 e. The molecule has 2 nitrogen and oxygen atoms in total. The maximum atomic E-state index is 8.76. The number of hydrogen-bond acceptors (Lipinski definition) is 2. The number of rotatable bonds is 5. The Labute approximate surface area is 69.2 Å². The molecule has 2 unspecified atom stereocenters. The van der Waals surface area contributed by atoms with E-state index in [1.54, 1.807) is 0 Å². The van der Waals surface area contributed by atoms with Crippen LogP contribution in [0.5, 0.6) is 0 Å². The predicted octanol–water partition coefficient (Wildman–Crippen LogP) is 1.76. The highest BCUT2D eigenvalue weighted by atomic mass is 16.5. The van der Waals surface area contributed by atoms with Gasteiger partial charge >= 0.3 is 0 Å². The van der Waals surface area contributed by atoms with E-state index in [-0.39, 0.29) is 5.92 Å². The quantitative estimate of drug-likeness (QED) is 0.602. The van der Waals surface area contributed by atoms with E-state index in [0.717, 1.165) is 12.8 Å². The number of hydrogen-bond donors (Lipinski definition) is 2. The molecule has 0 aromatic carbocycles. The van der Waals surface area contributed by atoms with Gasteiger partial charge in [0.15, 0.2) is 6.29 Å². The van der Waals surface area contributed by atoms with Crippen LogP contribution in [0.25, 0.3) is 0 Å². The molecule has 0 saturated carbocycles. The van der Waals surface area contributed by atoms with Gasteiger partial charge in [-0.05, 0) is 12.3 Å². The summed E-state index contributed by atoms with van der Waals surface area (Å²) in [6, 6.07) is 0. The fourth-order valence-corrected chi connectivity index (χ4v) is 0.901. The molecule has 0 amide bonds. The van der Waals surface area contributed by atoms with Crippen molar-refractivity contribution in [2.45, 2.75) is 46.3 Å². The standard InChI is InChI=1S/C9H20O2/c1-4-7(2)5-6-8(3)9(10)11/h7-11H,4-6H2,1-3H3. The molecule has 0 spiro atoms. The second-order valence-electron chi connectivity index (χ2n) is 3.48. The van der Waals surface area contributed by atoms with Crippen LogP contribution in [0.2, 0.25) is 0 Å². The SMILES string of the molecule is CCC(C)CCC(C)C(O)O. The minimum Gasteiger partial charge on any atom is -0.368 e. The second kappa shape index (κ2) is 5.56. The Morgan fingerprint density at radius 3 is 2.00 bits per heavy atom. The molecule has 0 radical (unpaired) electrons. The van der Waals surface area contributed by atoms with Gasteiger partial charge in [-0.1, -0.05) is 33.6 Å². The fourth-order valence-electron chi connectivity index (χ4n) is 0.901. The lowest BCUT2D eigenvalue weighted by Gasteiger charge is -2.15. The van der Waals surface area contributed by atoms with Crippen molar-refractivity contribution in [3.05, 3.63) is 0 Å². The lowest BCUT2D eigenvalue weighted by Crippen LogP contribution is -2.16. The Balaban J connectivity index is 3.37. The number of aliphatic hydroxyl groups is 2. The van der Waals surface area contributed by atoms with Gasteiger partial charge in [0.2, 0.25) is 0 Å². The summed E-state index contributed by atoms with van der Waals surface area (Å²) in [5.41, 5.74) is 0. The van der Waals surface area contributed by atoms with Gasteiger partial charge in [0.05, 0.1) is 0 Å². The molecule has 11 heavy (non-hydrogen) atoms. The van der Waals surface area contributed by atoms with Crippen LogP contribution >= 0.6 is 0 Å². The summed E-state index contributed by atoms with van der Waals surface area (Å²) < 4.78 is 0. The summed E-state index contributed by atoms with van der Waals surface area (Å²) in [7, 11) is 0. The molecule has 0 aromatic rings. The van der Waals surface area contributed by atoms with Crippen molar-refractivity contribution >= 4 is 0 Å². The van der Waals surface area contributed by atoms with Crippen molar-refractivity contribution in [3.63, 3.8) is 0 Å². The zero-order chi connectivity index (χ0) is 8.85. The number of aliphatic hydroxyl groups excluding tert-OH is 1. The molecule has 68 valence electrons. The molecule has 2 atom stereocenters. The van der Waals surface area contributed by atoms with Crippen molar-refractivity contribution in [1.82, 2.24) is 0 Å². The molecule has 0 aromatic heterocycles. The summed E-state index contributed by atoms with van der Waals surface area (Å²) in [4.78, 5) is 0. The predicted molar refractivity (Wildman–Crippen MR) is 46.1 cm³/mol. The summed E-state index contributed by atoms with van der Waals surface area (Å²) in [6.07, 6.45) is 2.04. The minimum absolute atomic E-state index is 0.0176. The van der Waals surface area contributed by atoms with Gasteiger partial charge in [-0.15, -0.1) is 0 Å². The lowest BCUT2D eigenvalue weighted by atomic mass is 9.96. The van der Waals surface area contributed by atoms with Crippen LogP contribution in [0, 0.1) is 11.8 Å². The normalized spacial score (nSPS) is 16.9. The first kappa shape index (κ1) is 10.9. The molecule has 0 aliphatic carbocycles. The van der Waals surface area contributed by atoms with Crippen LogP contribution in [0.1, 0.15) is 40.0 Å². The average molecular weight is 160 g/mol. The fraction of sp³-hybridized carbons (Fsp3) is 1.00. The van der Waals surface area contributed by atoms with Crippen LogP contribution in [0.3, 0.4) is 0 Å². The Kier molecular flexibility index (Phi) is 5.51. The van der Waals surface area contributed by atoms with Crippen LogP contribution in [0.15, 0.2) is 0 Å². The molecule has 0 bridgehead atoms. The van der Waals surface area contributed by atoms with Gasteiger partial charge < -0.3 is 10.2 Å². The molecular weight excluding hydrogens is 140 g/mol. The highest BCUT2D eigenvalue weighted by Crippen LogP contribution is 2.16. The molecule has 0 heterocycles. The Hall–Kier alpha value is -0.0800. The molecule has 0 aliphatic rings. The van der Waals surface area contributed by atoms with Gasteiger partial charge in [0.1, 0.15) is 0 Å². The van der Waals surface area contributed by atoms with E-state index in [0.29, 0.717) is 5.92 Å². The second-order valence-corrected chi connectivity index (χ2v) is 3.48. The van der Waals surface area contributed by atoms with E-state index < -0.39 is 6.29 Å². The lowest BCUT2D eigenvalue weighted by molar-refractivity contribution is -0.0814. The van der Waals surface area contributed by atoms with E-state index in [1.807, 2.05) is 6.92 Å². The maximum Gasteiger partial charge on any atom is 0.154 e. The van der Waals surface area contributed by atoms with Crippen LogP contribution < -0.4 is 0 Å². The third-order valence-corrected chi connectivity index (χ3v) is 2.32. The zero-order valence-corrected chi connectivity index (χ0v) is 7.75. The molecule has 0 saturated heterocycles. The van der Waals surface area contributed by atoms with Gasteiger partial charge in [-0.25, -0.2) is 0 Å². The third-order valence-electron chi connectivity index (χ3n) is 2.32. The highest BCUT2D eigenvalue weighted by Gasteiger charge is 2.11. The third kappa shape index (κ3) is 5.22. The Morgan fingerprint density at radius 1 is 1.09 bits per heavy atom. The molecule has 2 heteroatoms. The topological polar surface area (TPSA) is 40.5 Å². The molecule has 2 N–H and O–H groups in total. The van der Waals surface area contributed by atoms with Crippen molar-refractivity contribution in [1.29, 1.82) is 0 Å². The zero-order valence-electron chi connectivity index (χ0n) is 7.75. The monoisotopic (exact) mass is 160 g/mol. The van der Waals surface area contributed by atoms with Crippen molar-refractivity contribution in [2.24, 2.45) is 11.8 Å². The molecule has 0 aliphatic heterocycles. The van der Waals surface area contributed by atoms with Gasteiger partial charge in [-0.2, -0.15) is 0 Å². The average Bonchev–Trinajstić information content (AvgIpc) is 1.99. The summed E-state index contributed by atoms with van der Waals surface area (Å²) >= 11 is 0. The molecule has 0 rings (SSSR count). The van der Waals surface area contributed by atoms with Crippen molar-refractivity contribution in [3.8, 4) is 0 Å². The molecular formula is C9H20O2.